The average Bonchev–Trinajstić information content (AvgIpc) is 3.62. The fourth-order valence-corrected chi connectivity index (χ4v) is 5.66. The lowest BCUT2D eigenvalue weighted by Crippen LogP contribution is -2.35. The van der Waals surface area contributed by atoms with Crippen LogP contribution in [-0.2, 0) is 28.0 Å². The maximum atomic E-state index is 13.6. The zero-order valence-electron chi connectivity index (χ0n) is 28.0. The fourth-order valence-electron chi connectivity index (χ4n) is 5.66. The van der Waals surface area contributed by atoms with Gasteiger partial charge in [-0.2, -0.15) is 0 Å². The SMILES string of the molecule is COc1c(NC(=O)Nc2ccc(-c3ccc(CN4CCOCC4)nc3)c3ccccc23)cc(C(C)(C)C)cc1NC(=O)OCc1cnco1. The van der Waals surface area contributed by atoms with Gasteiger partial charge in [0.05, 0.1) is 49.3 Å². The number of rotatable bonds is 9. The summed E-state index contributed by atoms with van der Waals surface area (Å²) >= 11 is 0. The zero-order chi connectivity index (χ0) is 34.4. The van der Waals surface area contributed by atoms with E-state index in [1.807, 2.05) is 69.4 Å². The molecule has 12 nitrogen and oxygen atoms in total. The van der Waals surface area contributed by atoms with E-state index in [1.54, 1.807) is 6.07 Å². The number of fused-ring (bicyclic) bond motifs is 1. The smallest absolute Gasteiger partial charge is 0.412 e. The number of amides is 3. The van der Waals surface area contributed by atoms with Crippen molar-refractivity contribution in [1.82, 2.24) is 14.9 Å². The molecular weight excluding hydrogens is 624 g/mol. The van der Waals surface area contributed by atoms with Crippen LogP contribution in [0.25, 0.3) is 21.9 Å². The molecule has 1 aliphatic heterocycles. The highest BCUT2D eigenvalue weighted by molar-refractivity contribution is 6.10. The second-order valence-electron chi connectivity index (χ2n) is 12.7. The number of benzene rings is 3. The third-order valence-corrected chi connectivity index (χ3v) is 8.27. The fraction of sp³-hybridized carbons (Fsp3) is 0.297. The summed E-state index contributed by atoms with van der Waals surface area (Å²) in [5.41, 5.74) is 4.90. The van der Waals surface area contributed by atoms with E-state index in [1.165, 1.54) is 19.7 Å². The number of anilines is 3. The summed E-state index contributed by atoms with van der Waals surface area (Å²) < 4.78 is 21.6. The predicted octanol–water partition coefficient (Wildman–Crippen LogP) is 7.42. The third kappa shape index (κ3) is 8.16. The van der Waals surface area contributed by atoms with Gasteiger partial charge in [0.1, 0.15) is 0 Å². The number of aromatic nitrogens is 2. The van der Waals surface area contributed by atoms with E-state index in [-0.39, 0.29) is 17.8 Å². The first-order valence-electron chi connectivity index (χ1n) is 16.1. The van der Waals surface area contributed by atoms with Gasteiger partial charge < -0.3 is 29.3 Å². The van der Waals surface area contributed by atoms with Crippen LogP contribution in [0.2, 0.25) is 0 Å². The highest BCUT2D eigenvalue weighted by Gasteiger charge is 2.23. The van der Waals surface area contributed by atoms with E-state index >= 15 is 0 Å². The van der Waals surface area contributed by atoms with Crippen molar-refractivity contribution in [2.45, 2.75) is 39.3 Å². The summed E-state index contributed by atoms with van der Waals surface area (Å²) in [5, 5.41) is 10.5. The molecule has 6 rings (SSSR count). The molecule has 0 spiro atoms. The number of ether oxygens (including phenoxy) is 3. The van der Waals surface area contributed by atoms with Crippen LogP contribution in [0.5, 0.6) is 5.75 Å². The zero-order valence-corrected chi connectivity index (χ0v) is 28.0. The molecule has 3 aromatic carbocycles. The van der Waals surface area contributed by atoms with E-state index in [4.69, 9.17) is 23.6 Å². The molecule has 0 radical (unpaired) electrons. The van der Waals surface area contributed by atoms with Gasteiger partial charge in [-0.1, -0.05) is 57.2 Å². The van der Waals surface area contributed by atoms with Gasteiger partial charge in [0.2, 0.25) is 0 Å². The number of carbonyl (C=O) groups is 2. The van der Waals surface area contributed by atoms with Gasteiger partial charge >= 0.3 is 12.1 Å². The van der Waals surface area contributed by atoms with Crippen LogP contribution in [0.15, 0.2) is 83.9 Å². The first kappa shape index (κ1) is 33.4. The monoisotopic (exact) mass is 664 g/mol. The Kier molecular flexibility index (Phi) is 10.1. The number of pyridine rings is 1. The minimum Gasteiger partial charge on any atom is -0.492 e. The number of hydrogen-bond donors (Lipinski definition) is 3. The van der Waals surface area contributed by atoms with Crippen LogP contribution in [-0.4, -0.2) is 60.4 Å². The maximum absolute atomic E-state index is 13.6. The molecule has 5 aromatic rings. The Labute approximate surface area is 284 Å². The van der Waals surface area contributed by atoms with Crippen LogP contribution < -0.4 is 20.7 Å². The number of nitrogens with zero attached hydrogens (tertiary/aromatic N) is 3. The molecule has 2 aromatic heterocycles. The molecule has 0 aliphatic carbocycles. The molecule has 49 heavy (non-hydrogen) atoms. The predicted molar refractivity (Wildman–Crippen MR) is 188 cm³/mol. The molecule has 1 fully saturated rings. The van der Waals surface area contributed by atoms with Gasteiger partial charge in [-0.25, -0.2) is 14.6 Å². The Hall–Kier alpha value is -5.46. The van der Waals surface area contributed by atoms with E-state index < -0.39 is 12.1 Å². The number of hydrogen-bond acceptors (Lipinski definition) is 9. The Morgan fingerprint density at radius 2 is 1.63 bits per heavy atom. The summed E-state index contributed by atoms with van der Waals surface area (Å²) in [5.74, 6) is 0.670. The lowest BCUT2D eigenvalue weighted by Gasteiger charge is -2.26. The van der Waals surface area contributed by atoms with Crippen molar-refractivity contribution in [3.05, 3.63) is 96.5 Å². The van der Waals surface area contributed by atoms with Crippen LogP contribution in [0, 0.1) is 0 Å². The Balaban J connectivity index is 1.21. The number of urea groups is 1. The van der Waals surface area contributed by atoms with Crippen molar-refractivity contribution in [2.24, 2.45) is 0 Å². The molecule has 0 saturated carbocycles. The number of oxazole rings is 1. The highest BCUT2D eigenvalue weighted by Crippen LogP contribution is 2.39. The Bertz CT molecular complexity index is 1920. The lowest BCUT2D eigenvalue weighted by molar-refractivity contribution is 0.0336. The van der Waals surface area contributed by atoms with Crippen LogP contribution in [0.4, 0.5) is 26.7 Å². The van der Waals surface area contributed by atoms with Crippen LogP contribution >= 0.6 is 0 Å². The number of carbonyl (C=O) groups excluding carboxylic acids is 2. The first-order chi connectivity index (χ1) is 23.7. The van der Waals surface area contributed by atoms with Crippen molar-refractivity contribution < 1.29 is 28.2 Å². The summed E-state index contributed by atoms with van der Waals surface area (Å²) in [6, 6.07) is 19.1. The molecule has 0 bridgehead atoms. The minimum atomic E-state index is -0.718. The van der Waals surface area contributed by atoms with Gasteiger partial charge in [0.15, 0.2) is 24.5 Å². The van der Waals surface area contributed by atoms with Crippen LogP contribution in [0.3, 0.4) is 0 Å². The molecule has 0 unspecified atom stereocenters. The second-order valence-corrected chi connectivity index (χ2v) is 12.7. The molecule has 0 atom stereocenters. The number of morpholine rings is 1. The molecule has 3 amide bonds. The van der Waals surface area contributed by atoms with Crippen molar-refractivity contribution in [3.63, 3.8) is 0 Å². The van der Waals surface area contributed by atoms with E-state index in [0.717, 1.165) is 66.0 Å². The summed E-state index contributed by atoms with van der Waals surface area (Å²) in [6.07, 6.45) is 3.91. The molecule has 1 aliphatic rings. The van der Waals surface area contributed by atoms with Crippen molar-refractivity contribution >= 4 is 40.0 Å². The normalized spacial score (nSPS) is 13.6. The maximum Gasteiger partial charge on any atom is 0.412 e. The van der Waals surface area contributed by atoms with Gasteiger partial charge in [-0.15, -0.1) is 0 Å². The number of methoxy groups -OCH3 is 1. The third-order valence-electron chi connectivity index (χ3n) is 8.27. The first-order valence-corrected chi connectivity index (χ1v) is 16.1. The molecule has 12 heteroatoms. The van der Waals surface area contributed by atoms with Crippen molar-refractivity contribution in [1.29, 1.82) is 0 Å². The van der Waals surface area contributed by atoms with Crippen molar-refractivity contribution in [2.75, 3.05) is 49.4 Å². The van der Waals surface area contributed by atoms with Crippen molar-refractivity contribution in [3.8, 4) is 16.9 Å². The Morgan fingerprint density at radius 1 is 0.898 bits per heavy atom. The molecule has 254 valence electrons. The second kappa shape index (κ2) is 14.8. The summed E-state index contributed by atoms with van der Waals surface area (Å²) in [6.45, 7) is 10.1. The minimum absolute atomic E-state index is 0.0931. The van der Waals surface area contributed by atoms with Gasteiger partial charge in [0.25, 0.3) is 0 Å². The molecule has 1 saturated heterocycles. The van der Waals surface area contributed by atoms with Gasteiger partial charge in [0, 0.05) is 36.8 Å². The largest absolute Gasteiger partial charge is 0.492 e. The van der Waals surface area contributed by atoms with E-state index in [0.29, 0.717) is 22.8 Å². The summed E-state index contributed by atoms with van der Waals surface area (Å²) in [4.78, 5) is 37.2. The van der Waals surface area contributed by atoms with Gasteiger partial charge in [-0.05, 0) is 46.2 Å². The lowest BCUT2D eigenvalue weighted by atomic mass is 9.86. The highest BCUT2D eigenvalue weighted by atomic mass is 16.6. The molecule has 3 N–H and O–H groups in total. The number of nitrogens with one attached hydrogen (secondary N) is 3. The van der Waals surface area contributed by atoms with E-state index in [9.17, 15) is 9.59 Å². The quantitative estimate of drug-likeness (QED) is 0.147. The van der Waals surface area contributed by atoms with E-state index in [2.05, 4.69) is 38.0 Å². The summed E-state index contributed by atoms with van der Waals surface area (Å²) in [7, 11) is 1.47. The molecular formula is C37H40N6O6. The molecule has 3 heterocycles. The topological polar surface area (TPSA) is 140 Å². The average molecular weight is 665 g/mol. The van der Waals surface area contributed by atoms with Crippen LogP contribution in [0.1, 0.15) is 37.8 Å². The Morgan fingerprint density at radius 3 is 2.31 bits per heavy atom. The van der Waals surface area contributed by atoms with Gasteiger partial charge in [-0.3, -0.25) is 15.2 Å². The standard InChI is InChI=1S/C37H40N6O6/c1-37(2,3)25-17-32(34(46-4)33(18-25)42-36(45)48-22-27-20-38-23-49-27)41-35(44)40-31-12-11-28(29-7-5-6-8-30(29)31)24-9-10-26(39-19-24)21-43-13-15-47-16-14-43/h5-12,17-20,23H,13-16,21-22H2,1-4H3,(H,42,45)(H2,40,41,44).